The molecular formula is C24H48B2O4. The van der Waals surface area contributed by atoms with Gasteiger partial charge in [-0.3, -0.25) is 0 Å². The van der Waals surface area contributed by atoms with Gasteiger partial charge in [0.05, 0.1) is 22.4 Å². The Labute approximate surface area is 187 Å². The number of hydrogen-bond acceptors (Lipinski definition) is 4. The first-order valence-electron chi connectivity index (χ1n) is 12.1. The quantitative estimate of drug-likeness (QED) is 0.439. The summed E-state index contributed by atoms with van der Waals surface area (Å²) in [6, 6.07) is 0. The van der Waals surface area contributed by atoms with Gasteiger partial charge in [0, 0.05) is 0 Å². The summed E-state index contributed by atoms with van der Waals surface area (Å²) in [5, 5.41) is 0. The van der Waals surface area contributed by atoms with Crippen LogP contribution >= 0.6 is 0 Å². The molecule has 0 aromatic carbocycles. The molecule has 30 heavy (non-hydrogen) atoms. The monoisotopic (exact) mass is 422 g/mol. The lowest BCUT2D eigenvalue weighted by atomic mass is 9.57. The summed E-state index contributed by atoms with van der Waals surface area (Å²) >= 11 is 0. The Kier molecular flexibility index (Phi) is 7.34. The van der Waals surface area contributed by atoms with E-state index in [1.54, 1.807) is 0 Å². The van der Waals surface area contributed by atoms with Crippen molar-refractivity contribution in [3.63, 3.8) is 0 Å². The van der Waals surface area contributed by atoms with Gasteiger partial charge in [-0.1, -0.05) is 41.5 Å². The summed E-state index contributed by atoms with van der Waals surface area (Å²) in [6.07, 6.45) is 0. The van der Waals surface area contributed by atoms with Gasteiger partial charge in [0.15, 0.2) is 0 Å². The summed E-state index contributed by atoms with van der Waals surface area (Å²) in [4.78, 5) is 0. The van der Waals surface area contributed by atoms with Gasteiger partial charge in [0.1, 0.15) is 0 Å². The van der Waals surface area contributed by atoms with E-state index in [0.29, 0.717) is 35.3 Å². The van der Waals surface area contributed by atoms with Crippen molar-refractivity contribution in [2.24, 2.45) is 23.7 Å². The van der Waals surface area contributed by atoms with Crippen molar-refractivity contribution in [1.82, 2.24) is 0 Å². The molecule has 0 aromatic heterocycles. The molecule has 0 amide bonds. The van der Waals surface area contributed by atoms with E-state index < -0.39 is 0 Å². The van der Waals surface area contributed by atoms with Gasteiger partial charge >= 0.3 is 14.2 Å². The van der Waals surface area contributed by atoms with Crippen molar-refractivity contribution in [2.75, 3.05) is 0 Å². The zero-order chi connectivity index (χ0) is 23.4. The first kappa shape index (κ1) is 26.2. The van der Waals surface area contributed by atoms with Crippen molar-refractivity contribution in [3.8, 4) is 0 Å². The van der Waals surface area contributed by atoms with Gasteiger partial charge in [0.25, 0.3) is 0 Å². The Morgan fingerprint density at radius 3 is 0.800 bits per heavy atom. The van der Waals surface area contributed by atoms with Crippen molar-refractivity contribution >= 4 is 14.2 Å². The van der Waals surface area contributed by atoms with Gasteiger partial charge in [-0.2, -0.15) is 0 Å². The number of rotatable bonds is 7. The average Bonchev–Trinajstić information content (AvgIpc) is 2.97. The zero-order valence-corrected chi connectivity index (χ0v) is 22.3. The van der Waals surface area contributed by atoms with Crippen LogP contribution in [0.15, 0.2) is 0 Å². The molecule has 2 saturated heterocycles. The standard InChI is InChI=1S/C24H48B2O4/c1-15(17(3)19(5)25-27-21(7,8)22(9,10)28-25)16(2)18(4)20(6)26-29-23(11,12)24(13,14)30-26/h15-20H,1-14H3/t15-,16-,17+,18+,19-,20-/m1/s1. The lowest BCUT2D eigenvalue weighted by Crippen LogP contribution is -2.41. The predicted molar refractivity (Wildman–Crippen MR) is 128 cm³/mol. The van der Waals surface area contributed by atoms with Crippen LogP contribution < -0.4 is 0 Å². The van der Waals surface area contributed by atoms with Crippen molar-refractivity contribution < 1.29 is 18.6 Å². The Balaban J connectivity index is 2.03. The molecule has 0 unspecified atom stereocenters. The molecule has 0 aromatic rings. The van der Waals surface area contributed by atoms with Crippen molar-refractivity contribution in [3.05, 3.63) is 0 Å². The summed E-state index contributed by atoms with van der Waals surface area (Å²) in [5.74, 6) is 2.65. The molecule has 0 aliphatic carbocycles. The van der Waals surface area contributed by atoms with Crippen LogP contribution in [0, 0.1) is 23.7 Å². The highest BCUT2D eigenvalue weighted by molar-refractivity contribution is 6.47. The minimum absolute atomic E-state index is 0.157. The molecule has 4 nitrogen and oxygen atoms in total. The van der Waals surface area contributed by atoms with Gasteiger partial charge < -0.3 is 18.6 Å². The van der Waals surface area contributed by atoms with Gasteiger partial charge in [-0.05, 0) is 90.7 Å². The van der Waals surface area contributed by atoms with Crippen LogP contribution in [0.2, 0.25) is 11.6 Å². The van der Waals surface area contributed by atoms with Gasteiger partial charge in [-0.15, -0.1) is 0 Å². The van der Waals surface area contributed by atoms with Gasteiger partial charge in [-0.25, -0.2) is 0 Å². The molecule has 2 aliphatic rings. The molecule has 2 rings (SSSR count). The van der Waals surface area contributed by atoms with Crippen molar-refractivity contribution in [1.29, 1.82) is 0 Å². The van der Waals surface area contributed by atoms with E-state index in [1.165, 1.54) is 0 Å². The van der Waals surface area contributed by atoms with Crippen LogP contribution in [-0.2, 0) is 18.6 Å². The third-order valence-corrected chi connectivity index (χ3v) is 9.55. The molecule has 2 heterocycles. The first-order valence-corrected chi connectivity index (χ1v) is 12.1. The maximum absolute atomic E-state index is 6.35. The van der Waals surface area contributed by atoms with Crippen LogP contribution in [0.3, 0.4) is 0 Å². The second kappa shape index (κ2) is 8.39. The fourth-order valence-electron chi connectivity index (χ4n) is 4.62. The second-order valence-corrected chi connectivity index (χ2v) is 12.4. The van der Waals surface area contributed by atoms with E-state index in [-0.39, 0.29) is 36.6 Å². The smallest absolute Gasteiger partial charge is 0.403 e. The molecule has 2 aliphatic heterocycles. The summed E-state index contributed by atoms with van der Waals surface area (Å²) in [6.45, 7) is 31.0. The summed E-state index contributed by atoms with van der Waals surface area (Å²) in [5.41, 5.74) is -1.11. The summed E-state index contributed by atoms with van der Waals surface area (Å²) in [7, 11) is -0.314. The Morgan fingerprint density at radius 1 is 0.400 bits per heavy atom. The third kappa shape index (κ3) is 4.67. The Morgan fingerprint density at radius 2 is 0.600 bits per heavy atom. The maximum atomic E-state index is 6.35. The molecule has 174 valence electrons. The van der Waals surface area contributed by atoms with Gasteiger partial charge in [0.2, 0.25) is 0 Å². The minimum Gasteiger partial charge on any atom is -0.403 e. The average molecular weight is 422 g/mol. The molecule has 0 bridgehead atoms. The van der Waals surface area contributed by atoms with E-state index in [1.807, 2.05) is 0 Å². The highest BCUT2D eigenvalue weighted by Crippen LogP contribution is 2.47. The lowest BCUT2D eigenvalue weighted by molar-refractivity contribution is 0.00578. The normalized spacial score (nSPS) is 30.6. The fourth-order valence-corrected chi connectivity index (χ4v) is 4.62. The SMILES string of the molecule is C[C@H]([C@@H](C)[C@H](C)[C@@H](C)B1OC(C)(C)C(C)(C)O1)[C@H](C)[C@@H](C)B1OC(C)(C)C(C)(C)O1. The number of hydrogen-bond donors (Lipinski definition) is 0. The summed E-state index contributed by atoms with van der Waals surface area (Å²) < 4.78 is 25.4. The van der Waals surface area contributed by atoms with Crippen LogP contribution in [0.25, 0.3) is 0 Å². The molecule has 0 radical (unpaired) electrons. The van der Waals surface area contributed by atoms with Crippen LogP contribution in [0.5, 0.6) is 0 Å². The molecule has 0 spiro atoms. The van der Waals surface area contributed by atoms with E-state index in [9.17, 15) is 0 Å². The maximum Gasteiger partial charge on any atom is 0.461 e. The van der Waals surface area contributed by atoms with E-state index >= 15 is 0 Å². The molecule has 6 heteroatoms. The van der Waals surface area contributed by atoms with E-state index in [0.717, 1.165) is 0 Å². The zero-order valence-electron chi connectivity index (χ0n) is 22.3. The highest BCUT2D eigenvalue weighted by atomic mass is 16.7. The molecular weight excluding hydrogens is 374 g/mol. The Hall–Kier alpha value is -0.0301. The minimum atomic E-state index is -0.279. The van der Waals surface area contributed by atoms with Crippen molar-refractivity contribution in [2.45, 2.75) is 131 Å². The molecule has 0 saturated carbocycles. The largest absolute Gasteiger partial charge is 0.461 e. The van der Waals surface area contributed by atoms with Crippen LogP contribution in [-0.4, -0.2) is 36.6 Å². The molecule has 0 N–H and O–H groups in total. The fraction of sp³-hybridized carbons (Fsp3) is 1.00. The predicted octanol–water partition coefficient (Wildman–Crippen LogP) is 6.50. The Bertz CT molecular complexity index is 520. The molecule has 6 atom stereocenters. The second-order valence-electron chi connectivity index (χ2n) is 12.4. The van der Waals surface area contributed by atoms with E-state index in [4.69, 9.17) is 18.6 Å². The highest BCUT2D eigenvalue weighted by Gasteiger charge is 2.55. The molecule has 2 fully saturated rings. The van der Waals surface area contributed by atoms with Crippen LogP contribution in [0.4, 0.5) is 0 Å². The topological polar surface area (TPSA) is 36.9 Å². The first-order chi connectivity index (χ1) is 13.3. The van der Waals surface area contributed by atoms with Crippen LogP contribution in [0.1, 0.15) is 96.9 Å². The third-order valence-electron chi connectivity index (χ3n) is 9.55. The van der Waals surface area contributed by atoms with E-state index in [2.05, 4.69) is 96.9 Å². The lowest BCUT2D eigenvalue weighted by Gasteiger charge is -2.37.